The Bertz CT molecular complexity index is 440. The molecule has 0 spiro atoms. The molecule has 1 aromatic carbocycles. The third kappa shape index (κ3) is 4.57. The van der Waals surface area contributed by atoms with Gasteiger partial charge in [-0.15, -0.1) is 0 Å². The maximum atomic E-state index is 12.5. The highest BCUT2D eigenvalue weighted by molar-refractivity contribution is 5.77. The molecule has 0 saturated heterocycles. The minimum absolute atomic E-state index is 0.112. The van der Waals surface area contributed by atoms with Crippen LogP contribution >= 0.6 is 0 Å². The highest BCUT2D eigenvalue weighted by atomic mass is 16.5. The lowest BCUT2D eigenvalue weighted by molar-refractivity contribution is -0.150. The maximum Gasteiger partial charge on any atom is 0.328 e. The van der Waals surface area contributed by atoms with Gasteiger partial charge in [-0.3, -0.25) is 4.90 Å². The topological polar surface area (TPSA) is 29.5 Å². The van der Waals surface area contributed by atoms with Crippen LogP contribution < -0.4 is 0 Å². The van der Waals surface area contributed by atoms with Crippen LogP contribution in [0.2, 0.25) is 0 Å². The Morgan fingerprint density at radius 1 is 1.29 bits per heavy atom. The summed E-state index contributed by atoms with van der Waals surface area (Å²) in [7, 11) is 0. The second kappa shape index (κ2) is 7.60. The molecule has 1 aliphatic rings. The molecule has 116 valence electrons. The molecule has 3 nitrogen and oxygen atoms in total. The number of rotatable bonds is 8. The van der Waals surface area contributed by atoms with Gasteiger partial charge in [0.15, 0.2) is 0 Å². The van der Waals surface area contributed by atoms with Crippen LogP contribution in [0.25, 0.3) is 0 Å². The minimum Gasteiger partial charge on any atom is -0.465 e. The first-order valence-corrected chi connectivity index (χ1v) is 8.10. The Labute approximate surface area is 128 Å². The molecule has 1 fully saturated rings. The molecule has 0 heterocycles. The van der Waals surface area contributed by atoms with Gasteiger partial charge in [0.2, 0.25) is 0 Å². The fraction of sp³-hybridized carbons (Fsp3) is 0.611. The van der Waals surface area contributed by atoms with Crippen LogP contribution in [0.1, 0.15) is 51.6 Å². The van der Waals surface area contributed by atoms with Crippen molar-refractivity contribution in [3.8, 4) is 0 Å². The van der Waals surface area contributed by atoms with Crippen molar-refractivity contribution >= 4 is 5.97 Å². The van der Waals surface area contributed by atoms with Gasteiger partial charge in [0.05, 0.1) is 6.61 Å². The number of esters is 1. The van der Waals surface area contributed by atoms with E-state index >= 15 is 0 Å². The number of hydrogen-bond acceptors (Lipinski definition) is 3. The zero-order valence-corrected chi connectivity index (χ0v) is 13.4. The molecule has 1 unspecified atom stereocenters. The third-order valence-corrected chi connectivity index (χ3v) is 3.94. The van der Waals surface area contributed by atoms with E-state index in [9.17, 15) is 4.79 Å². The smallest absolute Gasteiger partial charge is 0.328 e. The van der Waals surface area contributed by atoms with Crippen LogP contribution in [-0.2, 0) is 9.53 Å². The van der Waals surface area contributed by atoms with Crippen LogP contribution in [0, 0.1) is 5.92 Å². The summed E-state index contributed by atoms with van der Waals surface area (Å²) in [6.45, 7) is 7.72. The van der Waals surface area contributed by atoms with E-state index in [1.54, 1.807) is 0 Å². The molecule has 0 N–H and O–H groups in total. The van der Waals surface area contributed by atoms with Crippen LogP contribution in [0.15, 0.2) is 30.3 Å². The first-order valence-electron chi connectivity index (χ1n) is 8.10. The predicted molar refractivity (Wildman–Crippen MR) is 85.0 cm³/mol. The van der Waals surface area contributed by atoms with Crippen molar-refractivity contribution in [2.75, 3.05) is 13.2 Å². The SMILES string of the molecule is CCOC(=O)C(c1ccccc1)N(CCC(C)C)C1CC1. The Morgan fingerprint density at radius 3 is 2.48 bits per heavy atom. The van der Waals surface area contributed by atoms with Gasteiger partial charge in [-0.2, -0.15) is 0 Å². The second-order valence-corrected chi connectivity index (χ2v) is 6.22. The van der Waals surface area contributed by atoms with Gasteiger partial charge in [0.1, 0.15) is 6.04 Å². The van der Waals surface area contributed by atoms with E-state index in [0.29, 0.717) is 18.6 Å². The molecule has 0 bridgehead atoms. The monoisotopic (exact) mass is 289 g/mol. The standard InChI is InChI=1S/C18H27NO2/c1-4-21-18(20)17(15-8-6-5-7-9-15)19(16-10-11-16)13-12-14(2)3/h5-9,14,16-17H,4,10-13H2,1-3H3. The normalized spacial score (nSPS) is 16.2. The van der Waals surface area contributed by atoms with E-state index in [2.05, 4.69) is 18.7 Å². The summed E-state index contributed by atoms with van der Waals surface area (Å²) in [5, 5.41) is 0. The summed E-state index contributed by atoms with van der Waals surface area (Å²) in [6, 6.07) is 10.3. The fourth-order valence-electron chi connectivity index (χ4n) is 2.66. The molecule has 0 amide bonds. The summed E-state index contributed by atoms with van der Waals surface area (Å²) in [5.74, 6) is 0.532. The van der Waals surface area contributed by atoms with E-state index in [1.165, 1.54) is 12.8 Å². The van der Waals surface area contributed by atoms with Gasteiger partial charge in [-0.05, 0) is 44.2 Å². The Balaban J connectivity index is 2.21. The molecule has 0 aromatic heterocycles. The van der Waals surface area contributed by atoms with E-state index < -0.39 is 0 Å². The van der Waals surface area contributed by atoms with E-state index in [4.69, 9.17) is 4.74 Å². The van der Waals surface area contributed by atoms with Gasteiger partial charge >= 0.3 is 5.97 Å². The highest BCUT2D eigenvalue weighted by Gasteiger charge is 2.38. The summed E-state index contributed by atoms with van der Waals surface area (Å²) in [6.07, 6.45) is 3.50. The quantitative estimate of drug-likeness (QED) is 0.682. The summed E-state index contributed by atoms with van der Waals surface area (Å²) in [5.41, 5.74) is 1.05. The lowest BCUT2D eigenvalue weighted by Gasteiger charge is -2.31. The van der Waals surface area contributed by atoms with Crippen molar-refractivity contribution in [2.45, 2.75) is 52.1 Å². The van der Waals surface area contributed by atoms with Gasteiger partial charge < -0.3 is 4.74 Å². The fourth-order valence-corrected chi connectivity index (χ4v) is 2.66. The van der Waals surface area contributed by atoms with Crippen molar-refractivity contribution in [2.24, 2.45) is 5.92 Å². The van der Waals surface area contributed by atoms with E-state index in [-0.39, 0.29) is 12.0 Å². The first kappa shape index (κ1) is 16.0. The van der Waals surface area contributed by atoms with Gasteiger partial charge in [0.25, 0.3) is 0 Å². The maximum absolute atomic E-state index is 12.5. The highest BCUT2D eigenvalue weighted by Crippen LogP contribution is 2.35. The molecule has 1 aliphatic carbocycles. The van der Waals surface area contributed by atoms with Crippen molar-refractivity contribution < 1.29 is 9.53 Å². The van der Waals surface area contributed by atoms with Gasteiger partial charge in [-0.25, -0.2) is 4.79 Å². The van der Waals surface area contributed by atoms with E-state index in [1.807, 2.05) is 37.3 Å². The largest absolute Gasteiger partial charge is 0.465 e. The molecular weight excluding hydrogens is 262 g/mol. The van der Waals surface area contributed by atoms with Crippen LogP contribution in [0.5, 0.6) is 0 Å². The average Bonchev–Trinajstić information content (AvgIpc) is 3.28. The lowest BCUT2D eigenvalue weighted by Crippen LogP contribution is -2.38. The number of nitrogens with zero attached hydrogens (tertiary/aromatic N) is 1. The molecule has 0 aliphatic heterocycles. The molecule has 0 radical (unpaired) electrons. The molecule has 2 rings (SSSR count). The van der Waals surface area contributed by atoms with Gasteiger partial charge in [0, 0.05) is 6.04 Å². The van der Waals surface area contributed by atoms with Gasteiger partial charge in [-0.1, -0.05) is 44.2 Å². The third-order valence-electron chi connectivity index (χ3n) is 3.94. The summed E-state index contributed by atoms with van der Waals surface area (Å²) < 4.78 is 5.34. The van der Waals surface area contributed by atoms with Crippen LogP contribution in [0.4, 0.5) is 0 Å². The van der Waals surface area contributed by atoms with Crippen LogP contribution in [-0.4, -0.2) is 30.1 Å². The molecule has 1 aromatic rings. The number of carbonyl (C=O) groups excluding carboxylic acids is 1. The average molecular weight is 289 g/mol. The molecule has 21 heavy (non-hydrogen) atoms. The van der Waals surface area contributed by atoms with E-state index in [0.717, 1.165) is 18.5 Å². The van der Waals surface area contributed by atoms with Crippen molar-refractivity contribution in [3.63, 3.8) is 0 Å². The zero-order valence-electron chi connectivity index (χ0n) is 13.4. The Kier molecular flexibility index (Phi) is 5.80. The molecular formula is C18H27NO2. The zero-order chi connectivity index (χ0) is 15.2. The Morgan fingerprint density at radius 2 is 1.95 bits per heavy atom. The summed E-state index contributed by atoms with van der Waals surface area (Å²) >= 11 is 0. The first-order chi connectivity index (χ1) is 10.1. The Hall–Kier alpha value is -1.35. The summed E-state index contributed by atoms with van der Waals surface area (Å²) in [4.78, 5) is 14.9. The molecule has 3 heteroatoms. The van der Waals surface area contributed by atoms with Crippen molar-refractivity contribution in [3.05, 3.63) is 35.9 Å². The van der Waals surface area contributed by atoms with Crippen molar-refractivity contribution in [1.29, 1.82) is 0 Å². The number of hydrogen-bond donors (Lipinski definition) is 0. The van der Waals surface area contributed by atoms with Crippen molar-refractivity contribution in [1.82, 2.24) is 4.90 Å². The lowest BCUT2D eigenvalue weighted by atomic mass is 10.0. The predicted octanol–water partition coefficient (Wildman–Crippen LogP) is 3.80. The number of ether oxygens (including phenoxy) is 1. The van der Waals surface area contributed by atoms with Crippen LogP contribution in [0.3, 0.4) is 0 Å². The second-order valence-electron chi connectivity index (χ2n) is 6.22. The molecule has 1 saturated carbocycles. The minimum atomic E-state index is -0.252. The molecule has 1 atom stereocenters. The number of benzene rings is 1. The number of carbonyl (C=O) groups is 1.